The van der Waals surface area contributed by atoms with Gasteiger partial charge in [0.05, 0.1) is 5.69 Å². The molecule has 1 aliphatic rings. The van der Waals surface area contributed by atoms with Crippen LogP contribution in [0.25, 0.3) is 0 Å². The number of hydrogen-bond acceptors (Lipinski definition) is 1. The lowest BCUT2D eigenvalue weighted by Crippen LogP contribution is -2.24. The fourth-order valence-corrected chi connectivity index (χ4v) is 1.86. The Morgan fingerprint density at radius 3 is 3.31 bits per heavy atom. The third-order valence-electron chi connectivity index (χ3n) is 2.05. The quantitative estimate of drug-likeness (QED) is 0.680. The maximum Gasteiger partial charge on any atom is 0.266 e. The molecule has 1 N–H and O–H groups in total. The Morgan fingerprint density at radius 2 is 2.54 bits per heavy atom. The van der Waals surface area contributed by atoms with Crippen LogP contribution in [0.2, 0.25) is 5.82 Å². The summed E-state index contributed by atoms with van der Waals surface area (Å²) in [6.45, 7) is 2.78. The molecule has 67 valence electrons. The molecule has 2 heterocycles. The third kappa shape index (κ3) is 1.65. The highest BCUT2D eigenvalue weighted by molar-refractivity contribution is 9.10. The number of nitrogens with one attached hydrogen (secondary N) is 1. The Kier molecular flexibility index (Phi) is 2.19. The molecule has 3 nitrogen and oxygen atoms in total. The molecule has 1 atom stereocenters. The van der Waals surface area contributed by atoms with Crippen molar-refractivity contribution in [1.82, 2.24) is 9.79 Å². The Bertz CT molecular complexity index is 350. The second kappa shape index (κ2) is 3.22. The Morgan fingerprint density at radius 1 is 1.77 bits per heavy atom. The molecule has 1 aromatic rings. The molecule has 0 unspecified atom stereocenters. The number of amides is 1. The smallest absolute Gasteiger partial charge is 0.266 e. The number of carbonyl (C=O) groups is 1. The first-order valence-corrected chi connectivity index (χ1v) is 4.96. The zero-order chi connectivity index (χ0) is 9.42. The van der Waals surface area contributed by atoms with Crippen molar-refractivity contribution in [3.8, 4) is 0 Å². The minimum absolute atomic E-state index is 0.00806. The summed E-state index contributed by atoms with van der Waals surface area (Å²) in [5, 5.41) is 2.85. The summed E-state index contributed by atoms with van der Waals surface area (Å²) in [4.78, 5) is 11.5. The molecule has 0 fully saturated rings. The van der Waals surface area contributed by atoms with Gasteiger partial charge in [-0.1, -0.05) is 6.92 Å². The second-order valence-electron chi connectivity index (χ2n) is 3.29. The van der Waals surface area contributed by atoms with Gasteiger partial charge < -0.3 is 9.79 Å². The average molecular weight is 240 g/mol. The van der Waals surface area contributed by atoms with Crippen molar-refractivity contribution in [3.63, 3.8) is 0 Å². The molecule has 0 spiro atoms. The van der Waals surface area contributed by atoms with Crippen LogP contribution in [-0.4, -0.2) is 24.3 Å². The molecule has 0 saturated carbocycles. The average Bonchev–Trinajstić information content (AvgIpc) is 2.37. The van der Waals surface area contributed by atoms with E-state index < -0.39 is 0 Å². The van der Waals surface area contributed by atoms with Crippen LogP contribution in [0.15, 0.2) is 16.7 Å². The van der Waals surface area contributed by atoms with E-state index in [-0.39, 0.29) is 5.91 Å². The van der Waals surface area contributed by atoms with Crippen molar-refractivity contribution in [2.45, 2.75) is 12.7 Å². The van der Waals surface area contributed by atoms with Gasteiger partial charge in [-0.2, -0.15) is 0 Å². The first-order valence-electron chi connectivity index (χ1n) is 4.17. The maximum absolute atomic E-state index is 11.5. The molecule has 1 aliphatic heterocycles. The van der Waals surface area contributed by atoms with Crippen molar-refractivity contribution >= 4 is 29.3 Å². The zero-order valence-corrected chi connectivity index (χ0v) is 8.84. The fraction of sp³-hybridized carbons (Fsp3) is 0.375. The maximum atomic E-state index is 11.5. The van der Waals surface area contributed by atoms with Crippen molar-refractivity contribution in [3.05, 3.63) is 22.4 Å². The van der Waals surface area contributed by atoms with Gasteiger partial charge in [-0.15, -0.1) is 0 Å². The van der Waals surface area contributed by atoms with Crippen LogP contribution >= 0.6 is 15.9 Å². The third-order valence-corrected chi connectivity index (χ3v) is 2.48. The molecule has 0 aliphatic carbocycles. The van der Waals surface area contributed by atoms with Gasteiger partial charge in [-0.3, -0.25) is 4.79 Å². The van der Waals surface area contributed by atoms with E-state index in [0.29, 0.717) is 18.1 Å². The summed E-state index contributed by atoms with van der Waals surface area (Å²) in [6.07, 6.45) is 1.90. The standard InChI is InChI=1S/C8H9BBrN2O/c1-5-3-11-8(13)7-2-6(10)4-12(7)9-5/h2,4-5H,3H2,1H3,(H,11,13)/t5-/m1/s1. The number of aromatic nitrogens is 1. The van der Waals surface area contributed by atoms with E-state index in [0.717, 1.165) is 4.47 Å². The molecule has 1 radical (unpaired) electrons. The van der Waals surface area contributed by atoms with Gasteiger partial charge in [0, 0.05) is 17.2 Å². The summed E-state index contributed by atoms with van der Waals surface area (Å²) in [6, 6.07) is 1.82. The predicted molar refractivity (Wildman–Crippen MR) is 55.0 cm³/mol. The largest absolute Gasteiger partial charge is 0.391 e. The van der Waals surface area contributed by atoms with Crippen LogP contribution < -0.4 is 5.32 Å². The highest BCUT2D eigenvalue weighted by Gasteiger charge is 2.20. The van der Waals surface area contributed by atoms with E-state index in [2.05, 4.69) is 28.2 Å². The monoisotopic (exact) mass is 239 g/mol. The predicted octanol–water partition coefficient (Wildman–Crippen LogP) is 1.27. The normalized spacial score (nSPS) is 21.4. The minimum atomic E-state index is -0.00806. The number of rotatable bonds is 0. The molecule has 5 heteroatoms. The Balaban J connectivity index is 2.42. The summed E-state index contributed by atoms with van der Waals surface area (Å²) in [5.41, 5.74) is 0.691. The van der Waals surface area contributed by atoms with Crippen LogP contribution in [0, 0.1) is 0 Å². The van der Waals surface area contributed by atoms with Crippen LogP contribution in [0.1, 0.15) is 17.4 Å². The lowest BCUT2D eigenvalue weighted by molar-refractivity contribution is 0.0950. The lowest BCUT2D eigenvalue weighted by atomic mass is 9.77. The highest BCUT2D eigenvalue weighted by Crippen LogP contribution is 2.17. The topological polar surface area (TPSA) is 34.0 Å². The van der Waals surface area contributed by atoms with Crippen molar-refractivity contribution in [2.75, 3.05) is 6.54 Å². The molecule has 0 aromatic carbocycles. The van der Waals surface area contributed by atoms with Crippen molar-refractivity contribution in [1.29, 1.82) is 0 Å². The minimum Gasteiger partial charge on any atom is -0.391 e. The molecule has 0 bridgehead atoms. The molecule has 1 amide bonds. The van der Waals surface area contributed by atoms with E-state index in [4.69, 9.17) is 0 Å². The van der Waals surface area contributed by atoms with Gasteiger partial charge in [0.15, 0.2) is 0 Å². The van der Waals surface area contributed by atoms with Crippen molar-refractivity contribution < 1.29 is 4.79 Å². The SMILES string of the molecule is C[C@H]1[B]n2cc(Br)cc2C(=O)NC1. The summed E-state index contributed by atoms with van der Waals surface area (Å²) in [5.74, 6) is 0.357. The van der Waals surface area contributed by atoms with E-state index in [1.165, 1.54) is 0 Å². The van der Waals surface area contributed by atoms with Gasteiger partial charge in [0.2, 0.25) is 0 Å². The van der Waals surface area contributed by atoms with E-state index in [9.17, 15) is 4.79 Å². The molecule has 1 aromatic heterocycles. The summed E-state index contributed by atoms with van der Waals surface area (Å²) in [7, 11) is 2.04. The lowest BCUT2D eigenvalue weighted by Gasteiger charge is -2.04. The fourth-order valence-electron chi connectivity index (χ4n) is 1.42. The van der Waals surface area contributed by atoms with Crippen LogP contribution in [0.4, 0.5) is 0 Å². The molecule has 2 rings (SSSR count). The number of hydrogen-bond donors (Lipinski definition) is 1. The molecular formula is C8H9BBrN2O. The first kappa shape index (κ1) is 8.87. The van der Waals surface area contributed by atoms with E-state index in [1.807, 2.05) is 24.2 Å². The van der Waals surface area contributed by atoms with Gasteiger partial charge in [0.1, 0.15) is 0 Å². The Labute approximate surface area is 85.9 Å². The first-order chi connectivity index (χ1) is 6.16. The van der Waals surface area contributed by atoms with E-state index in [1.54, 1.807) is 0 Å². The van der Waals surface area contributed by atoms with Crippen LogP contribution in [0.5, 0.6) is 0 Å². The number of fused-ring (bicyclic) bond motifs is 1. The molecule has 13 heavy (non-hydrogen) atoms. The van der Waals surface area contributed by atoms with Crippen LogP contribution in [-0.2, 0) is 0 Å². The van der Waals surface area contributed by atoms with Crippen molar-refractivity contribution in [2.24, 2.45) is 0 Å². The zero-order valence-electron chi connectivity index (χ0n) is 7.25. The number of carbonyl (C=O) groups excluding carboxylic acids is 1. The highest BCUT2D eigenvalue weighted by atomic mass is 79.9. The van der Waals surface area contributed by atoms with Crippen LogP contribution in [0.3, 0.4) is 0 Å². The van der Waals surface area contributed by atoms with Gasteiger partial charge in [-0.05, 0) is 27.8 Å². The molecular weight excluding hydrogens is 231 g/mol. The number of halogens is 1. The summed E-state index contributed by atoms with van der Waals surface area (Å²) < 4.78 is 2.81. The second-order valence-corrected chi connectivity index (χ2v) is 4.20. The van der Waals surface area contributed by atoms with Gasteiger partial charge in [0.25, 0.3) is 13.3 Å². The molecule has 0 saturated heterocycles. The van der Waals surface area contributed by atoms with E-state index >= 15 is 0 Å². The Hall–Kier alpha value is -0.705. The van der Waals surface area contributed by atoms with Gasteiger partial charge >= 0.3 is 0 Å². The van der Waals surface area contributed by atoms with Gasteiger partial charge in [-0.25, -0.2) is 0 Å². The number of nitrogens with zero attached hydrogens (tertiary/aromatic N) is 1. The summed E-state index contributed by atoms with van der Waals surface area (Å²) >= 11 is 3.34.